The van der Waals surface area contributed by atoms with Crippen molar-refractivity contribution in [2.75, 3.05) is 19.6 Å². The largest absolute Gasteiger partial charge is 0.352 e. The van der Waals surface area contributed by atoms with E-state index in [2.05, 4.69) is 5.32 Å². The van der Waals surface area contributed by atoms with Crippen LogP contribution in [0.5, 0.6) is 0 Å². The highest BCUT2D eigenvalue weighted by atomic mass is 16.2. The Kier molecular flexibility index (Phi) is 5.88. The van der Waals surface area contributed by atoms with Gasteiger partial charge in [-0.15, -0.1) is 0 Å². The molecule has 132 valence electrons. The minimum Gasteiger partial charge on any atom is -0.352 e. The summed E-state index contributed by atoms with van der Waals surface area (Å²) < 4.78 is 2.00. The summed E-state index contributed by atoms with van der Waals surface area (Å²) in [7, 11) is 0. The SMILES string of the molecule is O=C(NCCCN1CCCCCC1=O)c1ccc(-n2cccc2)cc1. The predicted molar refractivity (Wildman–Crippen MR) is 97.8 cm³/mol. The van der Waals surface area contributed by atoms with Crippen LogP contribution in [0.1, 0.15) is 42.5 Å². The van der Waals surface area contributed by atoms with Crippen molar-refractivity contribution in [2.24, 2.45) is 0 Å². The Morgan fingerprint density at radius 2 is 1.80 bits per heavy atom. The molecule has 5 heteroatoms. The van der Waals surface area contributed by atoms with E-state index in [1.54, 1.807) is 0 Å². The molecule has 1 aliphatic heterocycles. The minimum atomic E-state index is -0.0683. The third kappa shape index (κ3) is 4.72. The lowest BCUT2D eigenvalue weighted by atomic mass is 10.2. The second-order valence-electron chi connectivity index (χ2n) is 6.44. The lowest BCUT2D eigenvalue weighted by Gasteiger charge is -2.20. The van der Waals surface area contributed by atoms with Gasteiger partial charge in [-0.2, -0.15) is 0 Å². The van der Waals surface area contributed by atoms with Gasteiger partial charge in [-0.1, -0.05) is 6.42 Å². The molecule has 1 aromatic heterocycles. The first-order valence-corrected chi connectivity index (χ1v) is 9.03. The van der Waals surface area contributed by atoms with E-state index in [1.165, 1.54) is 0 Å². The molecule has 1 aliphatic rings. The monoisotopic (exact) mass is 339 g/mol. The molecular formula is C20H25N3O2. The molecule has 0 atom stereocenters. The van der Waals surface area contributed by atoms with Gasteiger partial charge >= 0.3 is 0 Å². The Balaban J connectivity index is 1.44. The van der Waals surface area contributed by atoms with Crippen molar-refractivity contribution in [1.29, 1.82) is 0 Å². The fourth-order valence-electron chi connectivity index (χ4n) is 3.14. The number of amides is 2. The number of aromatic nitrogens is 1. The molecule has 25 heavy (non-hydrogen) atoms. The Morgan fingerprint density at radius 3 is 2.56 bits per heavy atom. The van der Waals surface area contributed by atoms with Crippen molar-refractivity contribution in [2.45, 2.75) is 32.1 Å². The topological polar surface area (TPSA) is 54.3 Å². The molecule has 0 spiro atoms. The molecular weight excluding hydrogens is 314 g/mol. The van der Waals surface area contributed by atoms with Crippen LogP contribution in [0, 0.1) is 0 Å². The van der Waals surface area contributed by atoms with Gasteiger partial charge in [0.1, 0.15) is 0 Å². The number of nitrogens with zero attached hydrogens (tertiary/aromatic N) is 2. The van der Waals surface area contributed by atoms with Gasteiger partial charge in [0.15, 0.2) is 0 Å². The first-order valence-electron chi connectivity index (χ1n) is 9.03. The average molecular weight is 339 g/mol. The molecule has 2 amide bonds. The maximum absolute atomic E-state index is 12.2. The Hall–Kier alpha value is -2.56. The van der Waals surface area contributed by atoms with Gasteiger partial charge in [-0.25, -0.2) is 0 Å². The summed E-state index contributed by atoms with van der Waals surface area (Å²) in [6, 6.07) is 11.5. The molecule has 1 aromatic carbocycles. The van der Waals surface area contributed by atoms with Crippen molar-refractivity contribution < 1.29 is 9.59 Å². The van der Waals surface area contributed by atoms with Gasteiger partial charge in [0.2, 0.25) is 5.91 Å². The summed E-state index contributed by atoms with van der Waals surface area (Å²) in [5.41, 5.74) is 1.68. The van der Waals surface area contributed by atoms with Crippen LogP contribution in [0.4, 0.5) is 0 Å². The van der Waals surface area contributed by atoms with E-state index in [9.17, 15) is 9.59 Å². The lowest BCUT2D eigenvalue weighted by molar-refractivity contribution is -0.130. The highest BCUT2D eigenvalue weighted by molar-refractivity contribution is 5.94. The Morgan fingerprint density at radius 1 is 1.04 bits per heavy atom. The van der Waals surface area contributed by atoms with Crippen LogP contribution >= 0.6 is 0 Å². The lowest BCUT2D eigenvalue weighted by Crippen LogP contribution is -2.34. The molecule has 2 aromatic rings. The van der Waals surface area contributed by atoms with Crippen LogP contribution in [-0.2, 0) is 4.79 Å². The highest BCUT2D eigenvalue weighted by Crippen LogP contribution is 2.12. The molecule has 0 saturated carbocycles. The number of benzene rings is 1. The zero-order valence-corrected chi connectivity index (χ0v) is 14.5. The number of nitrogens with one attached hydrogen (secondary N) is 1. The molecule has 5 nitrogen and oxygen atoms in total. The van der Waals surface area contributed by atoms with Gasteiger partial charge in [0, 0.05) is 49.7 Å². The quantitative estimate of drug-likeness (QED) is 0.823. The van der Waals surface area contributed by atoms with Gasteiger partial charge in [0.05, 0.1) is 0 Å². The average Bonchev–Trinajstić information content (AvgIpc) is 3.10. The normalized spacial score (nSPS) is 15.0. The fourth-order valence-corrected chi connectivity index (χ4v) is 3.14. The molecule has 0 bridgehead atoms. The highest BCUT2D eigenvalue weighted by Gasteiger charge is 2.15. The summed E-state index contributed by atoms with van der Waals surface area (Å²) in [4.78, 5) is 26.1. The van der Waals surface area contributed by atoms with Crippen LogP contribution in [0.25, 0.3) is 5.69 Å². The van der Waals surface area contributed by atoms with Crippen molar-refractivity contribution in [3.8, 4) is 5.69 Å². The molecule has 1 N–H and O–H groups in total. The minimum absolute atomic E-state index is 0.0683. The summed E-state index contributed by atoms with van der Waals surface area (Å²) in [6.07, 6.45) is 8.63. The third-order valence-corrected chi connectivity index (χ3v) is 4.59. The number of carbonyl (C=O) groups excluding carboxylic acids is 2. The Bertz CT molecular complexity index is 692. The summed E-state index contributed by atoms with van der Waals surface area (Å²) in [5.74, 6) is 0.186. The van der Waals surface area contributed by atoms with Crippen LogP contribution in [0.15, 0.2) is 48.8 Å². The van der Waals surface area contributed by atoms with E-state index in [0.717, 1.165) is 44.5 Å². The fraction of sp³-hybridized carbons (Fsp3) is 0.400. The van der Waals surface area contributed by atoms with Crippen LogP contribution in [0.2, 0.25) is 0 Å². The van der Waals surface area contributed by atoms with Crippen LogP contribution in [0.3, 0.4) is 0 Å². The van der Waals surface area contributed by atoms with Gasteiger partial charge in [0.25, 0.3) is 5.91 Å². The number of carbonyl (C=O) groups is 2. The Labute approximate surface area is 148 Å². The second kappa shape index (κ2) is 8.51. The van der Waals surface area contributed by atoms with Crippen molar-refractivity contribution >= 4 is 11.8 Å². The van der Waals surface area contributed by atoms with E-state index in [1.807, 2.05) is 58.3 Å². The van der Waals surface area contributed by atoms with E-state index >= 15 is 0 Å². The first-order chi connectivity index (χ1) is 12.2. The van der Waals surface area contributed by atoms with E-state index in [4.69, 9.17) is 0 Å². The number of hydrogen-bond acceptors (Lipinski definition) is 2. The molecule has 1 fully saturated rings. The maximum atomic E-state index is 12.2. The zero-order valence-electron chi connectivity index (χ0n) is 14.5. The van der Waals surface area contributed by atoms with Crippen molar-refractivity contribution in [1.82, 2.24) is 14.8 Å². The van der Waals surface area contributed by atoms with E-state index in [0.29, 0.717) is 18.5 Å². The van der Waals surface area contributed by atoms with Gasteiger partial charge in [-0.05, 0) is 55.7 Å². The van der Waals surface area contributed by atoms with E-state index in [-0.39, 0.29) is 11.8 Å². The van der Waals surface area contributed by atoms with Crippen molar-refractivity contribution in [3.05, 3.63) is 54.4 Å². The molecule has 3 rings (SSSR count). The van der Waals surface area contributed by atoms with E-state index < -0.39 is 0 Å². The van der Waals surface area contributed by atoms with Crippen molar-refractivity contribution in [3.63, 3.8) is 0 Å². The third-order valence-electron chi connectivity index (χ3n) is 4.59. The standard InChI is InChI=1S/C20H25N3O2/c24-19-7-2-1-3-15-23(19)16-6-12-21-20(25)17-8-10-18(11-9-17)22-13-4-5-14-22/h4-5,8-11,13-14H,1-3,6-7,12,15-16H2,(H,21,25). The smallest absolute Gasteiger partial charge is 0.251 e. The molecule has 2 heterocycles. The summed E-state index contributed by atoms with van der Waals surface area (Å²) in [6.45, 7) is 2.17. The second-order valence-corrected chi connectivity index (χ2v) is 6.44. The summed E-state index contributed by atoms with van der Waals surface area (Å²) in [5, 5.41) is 2.94. The van der Waals surface area contributed by atoms with Gasteiger partial charge in [-0.3, -0.25) is 9.59 Å². The molecule has 0 radical (unpaired) electrons. The van der Waals surface area contributed by atoms with Crippen LogP contribution in [-0.4, -0.2) is 40.9 Å². The predicted octanol–water partition coefficient (Wildman–Crippen LogP) is 3.00. The number of rotatable bonds is 6. The number of likely N-dealkylation sites (tertiary alicyclic amines) is 1. The molecule has 1 saturated heterocycles. The zero-order chi connectivity index (χ0) is 17.5. The van der Waals surface area contributed by atoms with Gasteiger partial charge < -0.3 is 14.8 Å². The maximum Gasteiger partial charge on any atom is 0.251 e. The molecule has 0 unspecified atom stereocenters. The first kappa shape index (κ1) is 17.3. The molecule has 0 aliphatic carbocycles. The van der Waals surface area contributed by atoms with Crippen LogP contribution < -0.4 is 5.32 Å². The number of hydrogen-bond donors (Lipinski definition) is 1. The summed E-state index contributed by atoms with van der Waals surface area (Å²) >= 11 is 0.